The third kappa shape index (κ3) is 5.88. The lowest BCUT2D eigenvalue weighted by molar-refractivity contribution is 0.0725. The first-order chi connectivity index (χ1) is 14.8. The summed E-state index contributed by atoms with van der Waals surface area (Å²) in [4.78, 5) is 20.7. The van der Waals surface area contributed by atoms with Crippen LogP contribution in [-0.2, 0) is 12.0 Å². The van der Waals surface area contributed by atoms with E-state index in [1.54, 1.807) is 62.3 Å². The fourth-order valence-corrected chi connectivity index (χ4v) is 3.13. The Morgan fingerprint density at radius 1 is 1.26 bits per heavy atom. The lowest BCUT2D eigenvalue weighted by Crippen LogP contribution is -2.34. The molecule has 3 rings (SSSR count). The Bertz CT molecular complexity index is 987. The van der Waals surface area contributed by atoms with E-state index in [0.29, 0.717) is 48.1 Å². The average molecular weight is 426 g/mol. The topological polar surface area (TPSA) is 97.3 Å². The van der Waals surface area contributed by atoms with Gasteiger partial charge in [-0.25, -0.2) is 4.98 Å². The molecular formula is C23H31N5O3. The summed E-state index contributed by atoms with van der Waals surface area (Å²) < 4.78 is 5.68. The van der Waals surface area contributed by atoms with E-state index < -0.39 is 5.60 Å². The van der Waals surface area contributed by atoms with Crippen LogP contribution in [0.3, 0.4) is 0 Å². The largest absolute Gasteiger partial charge is 0.446 e. The van der Waals surface area contributed by atoms with Crippen LogP contribution in [0.1, 0.15) is 55.4 Å². The van der Waals surface area contributed by atoms with Crippen molar-refractivity contribution in [2.24, 2.45) is 0 Å². The number of benzene rings is 1. The normalized spacial score (nSPS) is 10.9. The predicted molar refractivity (Wildman–Crippen MR) is 119 cm³/mol. The number of hydrogen-bond acceptors (Lipinski definition) is 6. The maximum Gasteiger partial charge on any atom is 0.256 e. The van der Waals surface area contributed by atoms with Gasteiger partial charge in [-0.3, -0.25) is 4.79 Å². The van der Waals surface area contributed by atoms with E-state index in [-0.39, 0.29) is 5.91 Å². The smallest absolute Gasteiger partial charge is 0.256 e. The molecule has 0 saturated carbocycles. The lowest BCUT2D eigenvalue weighted by atomic mass is 10.0. The number of rotatable bonds is 8. The molecule has 8 nitrogen and oxygen atoms in total. The van der Waals surface area contributed by atoms with Crippen molar-refractivity contribution in [3.05, 3.63) is 72.2 Å². The minimum absolute atomic E-state index is 0.163. The number of aryl methyl sites for hydroxylation is 1. The molecule has 0 radical (unpaired) electrons. The first-order valence-electron chi connectivity index (χ1n) is 10.4. The number of carbonyl (C=O) groups excluding carboxylic acids is 1. The Balaban J connectivity index is 0.00000166. The van der Waals surface area contributed by atoms with Gasteiger partial charge in [0.15, 0.2) is 5.89 Å². The molecule has 8 heteroatoms. The van der Waals surface area contributed by atoms with Crippen LogP contribution in [0.5, 0.6) is 0 Å². The van der Waals surface area contributed by atoms with Gasteiger partial charge in [0.25, 0.3) is 5.91 Å². The van der Waals surface area contributed by atoms with Gasteiger partial charge in [-0.05, 0) is 32.9 Å². The molecule has 0 saturated heterocycles. The van der Waals surface area contributed by atoms with Crippen LogP contribution in [-0.4, -0.2) is 49.0 Å². The van der Waals surface area contributed by atoms with Crippen molar-refractivity contribution in [3.8, 4) is 5.69 Å². The maximum atomic E-state index is 13.2. The molecule has 1 N–H and O–H groups in total. The number of carbonyl (C=O) groups is 1. The van der Waals surface area contributed by atoms with Crippen molar-refractivity contribution < 1.29 is 14.3 Å². The molecule has 2 aromatic heterocycles. The van der Waals surface area contributed by atoms with Gasteiger partial charge < -0.3 is 14.4 Å². The van der Waals surface area contributed by atoms with Crippen molar-refractivity contribution in [2.45, 2.75) is 46.6 Å². The highest BCUT2D eigenvalue weighted by Crippen LogP contribution is 2.23. The third-order valence-electron chi connectivity index (χ3n) is 4.42. The van der Waals surface area contributed by atoms with Gasteiger partial charge in [0.1, 0.15) is 17.1 Å². The van der Waals surface area contributed by atoms with Gasteiger partial charge in [0.05, 0.1) is 23.6 Å². The molecule has 2 heterocycles. The second-order valence-electron chi connectivity index (χ2n) is 7.20. The number of para-hydroxylation sites is 1. The highest BCUT2D eigenvalue weighted by molar-refractivity contribution is 5.97. The summed E-state index contributed by atoms with van der Waals surface area (Å²) in [5.41, 5.74) is 0.515. The van der Waals surface area contributed by atoms with Gasteiger partial charge in [-0.2, -0.15) is 15.0 Å². The Morgan fingerprint density at radius 3 is 2.48 bits per heavy atom. The minimum atomic E-state index is -1.09. The summed E-state index contributed by atoms with van der Waals surface area (Å²) in [7, 11) is 0. The number of aromatic nitrogens is 4. The molecule has 1 amide bonds. The molecule has 0 aliphatic heterocycles. The molecule has 1 aromatic carbocycles. The number of aliphatic hydroxyl groups is 1. The molecule has 166 valence electrons. The second kappa shape index (κ2) is 10.7. The van der Waals surface area contributed by atoms with Crippen molar-refractivity contribution in [2.75, 3.05) is 13.1 Å². The third-order valence-corrected chi connectivity index (χ3v) is 4.42. The second-order valence-corrected chi connectivity index (χ2v) is 7.20. The first kappa shape index (κ1) is 24.0. The summed E-state index contributed by atoms with van der Waals surface area (Å²) in [6.45, 7) is 13.6. The van der Waals surface area contributed by atoms with Crippen LogP contribution < -0.4 is 0 Å². The molecule has 0 spiro atoms. The lowest BCUT2D eigenvalue weighted by Gasteiger charge is -2.21. The Morgan fingerprint density at radius 2 is 1.90 bits per heavy atom. The molecular weight excluding hydrogens is 394 g/mol. The maximum absolute atomic E-state index is 13.2. The molecule has 0 fully saturated rings. The summed E-state index contributed by atoms with van der Waals surface area (Å²) in [6.07, 6.45) is 5.22. The predicted octanol–water partition coefficient (Wildman–Crippen LogP) is 3.69. The summed E-state index contributed by atoms with van der Waals surface area (Å²) >= 11 is 0. The van der Waals surface area contributed by atoms with Crippen LogP contribution >= 0.6 is 0 Å². The highest BCUT2D eigenvalue weighted by Gasteiger charge is 2.25. The highest BCUT2D eigenvalue weighted by atomic mass is 16.4. The average Bonchev–Trinajstić information content (AvgIpc) is 3.41. The van der Waals surface area contributed by atoms with Gasteiger partial charge in [-0.1, -0.05) is 32.1 Å². The molecule has 0 atom stereocenters. The Kier molecular flexibility index (Phi) is 8.27. The molecule has 0 unspecified atom stereocenters. The Hall–Kier alpha value is -3.26. The number of hydrogen-bond donors (Lipinski definition) is 1. The van der Waals surface area contributed by atoms with E-state index in [1.165, 1.54) is 4.80 Å². The van der Waals surface area contributed by atoms with E-state index in [0.717, 1.165) is 0 Å². The molecule has 0 aliphatic carbocycles. The van der Waals surface area contributed by atoms with Crippen LogP contribution in [0.4, 0.5) is 0 Å². The summed E-state index contributed by atoms with van der Waals surface area (Å²) in [6, 6.07) is 7.19. The molecule has 3 aromatic rings. The minimum Gasteiger partial charge on any atom is -0.446 e. The van der Waals surface area contributed by atoms with E-state index in [9.17, 15) is 9.90 Å². The van der Waals surface area contributed by atoms with Gasteiger partial charge in [-0.15, -0.1) is 6.58 Å². The van der Waals surface area contributed by atoms with Crippen LogP contribution in [0.15, 0.2) is 53.7 Å². The van der Waals surface area contributed by atoms with Crippen molar-refractivity contribution in [3.63, 3.8) is 0 Å². The Labute approximate surface area is 183 Å². The summed E-state index contributed by atoms with van der Waals surface area (Å²) in [5, 5.41) is 18.4. The molecule has 31 heavy (non-hydrogen) atoms. The van der Waals surface area contributed by atoms with Crippen LogP contribution in [0, 0.1) is 6.92 Å². The number of oxazole rings is 1. The number of amides is 1. The quantitative estimate of drug-likeness (QED) is 0.553. The van der Waals surface area contributed by atoms with Gasteiger partial charge >= 0.3 is 0 Å². The monoisotopic (exact) mass is 425 g/mol. The molecule has 0 aliphatic rings. The zero-order valence-electron chi connectivity index (χ0n) is 18.9. The number of nitrogens with zero attached hydrogens (tertiary/aromatic N) is 5. The summed E-state index contributed by atoms with van der Waals surface area (Å²) in [5.74, 6) is 0.886. The van der Waals surface area contributed by atoms with E-state index in [1.807, 2.05) is 19.9 Å². The van der Waals surface area contributed by atoms with Crippen molar-refractivity contribution >= 4 is 5.91 Å². The van der Waals surface area contributed by atoms with Gasteiger partial charge in [0.2, 0.25) is 0 Å². The molecule has 0 bridgehead atoms. The van der Waals surface area contributed by atoms with E-state index in [4.69, 9.17) is 4.42 Å². The SMILES string of the molecule is C=CCN(CCc1nc(C(C)(C)O)c(C)o1)C(=O)c1ccccc1-n1nccn1.CC. The van der Waals surface area contributed by atoms with Crippen LogP contribution in [0.2, 0.25) is 0 Å². The van der Waals surface area contributed by atoms with E-state index >= 15 is 0 Å². The van der Waals surface area contributed by atoms with E-state index in [2.05, 4.69) is 21.8 Å². The van der Waals surface area contributed by atoms with Crippen LogP contribution in [0.25, 0.3) is 5.69 Å². The standard InChI is InChI=1S/C21H25N5O3.C2H6/c1-5-13-25(14-10-18-24-19(15(2)29-18)21(3,4)28)20(27)16-8-6-7-9-17(16)26-22-11-12-23-26;1-2/h5-9,11-12,28H,1,10,13-14H2,2-4H3;1-2H3. The zero-order chi connectivity index (χ0) is 23.0. The first-order valence-corrected chi connectivity index (χ1v) is 10.4. The van der Waals surface area contributed by atoms with Crippen molar-refractivity contribution in [1.29, 1.82) is 0 Å². The van der Waals surface area contributed by atoms with Crippen molar-refractivity contribution in [1.82, 2.24) is 24.9 Å². The fourth-order valence-electron chi connectivity index (χ4n) is 3.13. The fraction of sp³-hybridized carbons (Fsp3) is 0.391. The zero-order valence-corrected chi connectivity index (χ0v) is 18.9. The van der Waals surface area contributed by atoms with Gasteiger partial charge in [0, 0.05) is 19.5 Å².